The molecule has 29 heavy (non-hydrogen) atoms. The number of piperidine rings is 1. The van der Waals surface area contributed by atoms with E-state index in [4.69, 9.17) is 0 Å². The molecule has 0 unspecified atom stereocenters. The van der Waals surface area contributed by atoms with E-state index in [1.807, 2.05) is 41.3 Å². The highest BCUT2D eigenvalue weighted by atomic mass is 19.1. The topological polar surface area (TPSA) is 49.4 Å². The van der Waals surface area contributed by atoms with Gasteiger partial charge in [0.2, 0.25) is 11.8 Å². The molecule has 0 bridgehead atoms. The van der Waals surface area contributed by atoms with Crippen molar-refractivity contribution in [2.75, 3.05) is 6.54 Å². The molecule has 2 aromatic carbocycles. The summed E-state index contributed by atoms with van der Waals surface area (Å²) in [5.74, 6) is -0.221. The van der Waals surface area contributed by atoms with Crippen LogP contribution < -0.4 is 5.32 Å². The Kier molecular flexibility index (Phi) is 5.65. The lowest BCUT2D eigenvalue weighted by Gasteiger charge is -2.40. The summed E-state index contributed by atoms with van der Waals surface area (Å²) in [4.78, 5) is 27.6. The number of rotatable bonds is 5. The Hall–Kier alpha value is -2.69. The van der Waals surface area contributed by atoms with E-state index in [1.54, 1.807) is 13.0 Å². The van der Waals surface area contributed by atoms with Crippen molar-refractivity contribution < 1.29 is 14.0 Å². The first-order valence-electron chi connectivity index (χ1n) is 10.4. The van der Waals surface area contributed by atoms with E-state index in [0.717, 1.165) is 30.4 Å². The number of hydrogen-bond acceptors (Lipinski definition) is 2. The normalized spacial score (nSPS) is 21.7. The zero-order chi connectivity index (χ0) is 20.4. The summed E-state index contributed by atoms with van der Waals surface area (Å²) in [6.45, 7) is 2.67. The smallest absolute Gasteiger partial charge is 0.226 e. The number of nitrogens with one attached hydrogen (secondary N) is 1. The fraction of sp³-hybridized carbons (Fsp3) is 0.417. The monoisotopic (exact) mass is 394 g/mol. The number of carbonyl (C=O) groups is 2. The largest absolute Gasteiger partial charge is 0.352 e. The molecule has 2 aliphatic rings. The fourth-order valence-corrected chi connectivity index (χ4v) is 4.14. The van der Waals surface area contributed by atoms with Crippen molar-refractivity contribution in [2.24, 2.45) is 11.8 Å². The zero-order valence-electron chi connectivity index (χ0n) is 16.7. The van der Waals surface area contributed by atoms with E-state index in [1.165, 1.54) is 6.07 Å². The van der Waals surface area contributed by atoms with Crippen LogP contribution in [0.4, 0.5) is 4.39 Å². The van der Waals surface area contributed by atoms with Gasteiger partial charge in [0.25, 0.3) is 0 Å². The minimum Gasteiger partial charge on any atom is -0.352 e. The molecule has 4 rings (SSSR count). The lowest BCUT2D eigenvalue weighted by atomic mass is 9.87. The molecule has 2 amide bonds. The standard InChI is InChI=1S/C24H27FN2O2/c1-16-13-19(9-11-21(16)25)22-12-10-20(15-27(22)24(29)18-7-8-18)23(28)26-14-17-5-3-2-4-6-17/h2-6,9,11,13,18,20,22H,7-8,10,12,14-15H2,1H3,(H,26,28)/t20-,22+/m1/s1. The highest BCUT2D eigenvalue weighted by molar-refractivity contribution is 5.84. The summed E-state index contributed by atoms with van der Waals surface area (Å²) in [6.07, 6.45) is 3.29. The number of carbonyl (C=O) groups excluding carboxylic acids is 2. The van der Waals surface area contributed by atoms with Crippen molar-refractivity contribution in [3.05, 3.63) is 71.0 Å². The van der Waals surface area contributed by atoms with E-state index < -0.39 is 0 Å². The molecule has 0 spiro atoms. The molecule has 0 radical (unpaired) electrons. The molecular weight excluding hydrogens is 367 g/mol. The molecule has 5 heteroatoms. The van der Waals surface area contributed by atoms with Crippen molar-refractivity contribution in [3.8, 4) is 0 Å². The van der Waals surface area contributed by atoms with Crippen LogP contribution in [0, 0.1) is 24.6 Å². The van der Waals surface area contributed by atoms with Gasteiger partial charge in [-0.05, 0) is 55.4 Å². The van der Waals surface area contributed by atoms with Crippen LogP contribution in [0.3, 0.4) is 0 Å². The lowest BCUT2D eigenvalue weighted by Crippen LogP contribution is -2.47. The van der Waals surface area contributed by atoms with Crippen molar-refractivity contribution in [1.29, 1.82) is 0 Å². The van der Waals surface area contributed by atoms with Gasteiger partial charge in [-0.25, -0.2) is 4.39 Å². The number of likely N-dealkylation sites (tertiary alicyclic amines) is 1. The van der Waals surface area contributed by atoms with Crippen LogP contribution in [0.5, 0.6) is 0 Å². The first kappa shape index (κ1) is 19.6. The van der Waals surface area contributed by atoms with Gasteiger partial charge < -0.3 is 10.2 Å². The Morgan fingerprint density at radius 1 is 1.03 bits per heavy atom. The predicted molar refractivity (Wildman–Crippen MR) is 109 cm³/mol. The molecule has 1 saturated carbocycles. The molecule has 4 nitrogen and oxygen atoms in total. The summed E-state index contributed by atoms with van der Waals surface area (Å²) < 4.78 is 13.7. The second kappa shape index (κ2) is 8.36. The maximum atomic E-state index is 13.7. The third-order valence-electron chi connectivity index (χ3n) is 6.04. The van der Waals surface area contributed by atoms with Gasteiger partial charge in [0.05, 0.1) is 12.0 Å². The first-order valence-corrected chi connectivity index (χ1v) is 10.4. The number of nitrogens with zero attached hydrogens (tertiary/aromatic N) is 1. The number of hydrogen-bond donors (Lipinski definition) is 1. The number of aryl methyl sites for hydroxylation is 1. The van der Waals surface area contributed by atoms with Crippen molar-refractivity contribution in [1.82, 2.24) is 10.2 Å². The van der Waals surface area contributed by atoms with Crippen LogP contribution in [-0.4, -0.2) is 23.3 Å². The third kappa shape index (κ3) is 4.50. The lowest BCUT2D eigenvalue weighted by molar-refractivity contribution is -0.140. The van der Waals surface area contributed by atoms with Gasteiger partial charge in [0.15, 0.2) is 0 Å². The molecule has 1 aliphatic heterocycles. The summed E-state index contributed by atoms with van der Waals surface area (Å²) in [6, 6.07) is 14.8. The molecule has 2 aromatic rings. The fourth-order valence-electron chi connectivity index (χ4n) is 4.14. The molecule has 2 fully saturated rings. The molecule has 2 atom stereocenters. The summed E-state index contributed by atoms with van der Waals surface area (Å²) >= 11 is 0. The Morgan fingerprint density at radius 3 is 2.45 bits per heavy atom. The Balaban J connectivity index is 1.47. The number of amides is 2. The van der Waals surface area contributed by atoms with Crippen LogP contribution in [0.1, 0.15) is 48.4 Å². The summed E-state index contributed by atoms with van der Waals surface area (Å²) in [5, 5.41) is 3.02. The van der Waals surface area contributed by atoms with Crippen LogP contribution in [-0.2, 0) is 16.1 Å². The van der Waals surface area contributed by atoms with Gasteiger partial charge in [-0.1, -0.05) is 42.5 Å². The molecular formula is C24H27FN2O2. The first-order chi connectivity index (χ1) is 14.0. The van der Waals surface area contributed by atoms with E-state index in [-0.39, 0.29) is 35.5 Å². The quantitative estimate of drug-likeness (QED) is 0.829. The Labute approximate surface area is 171 Å². The van der Waals surface area contributed by atoms with Crippen LogP contribution in [0.25, 0.3) is 0 Å². The molecule has 1 heterocycles. The van der Waals surface area contributed by atoms with Gasteiger partial charge in [0, 0.05) is 19.0 Å². The van der Waals surface area contributed by atoms with Gasteiger partial charge in [-0.2, -0.15) is 0 Å². The van der Waals surface area contributed by atoms with E-state index in [2.05, 4.69) is 5.32 Å². The van der Waals surface area contributed by atoms with E-state index in [9.17, 15) is 14.0 Å². The number of benzene rings is 2. The van der Waals surface area contributed by atoms with Gasteiger partial charge in [0.1, 0.15) is 5.82 Å². The maximum absolute atomic E-state index is 13.7. The Morgan fingerprint density at radius 2 is 1.76 bits per heavy atom. The molecule has 0 aromatic heterocycles. The van der Waals surface area contributed by atoms with Crippen molar-refractivity contribution in [3.63, 3.8) is 0 Å². The molecule has 1 saturated heterocycles. The molecule has 152 valence electrons. The maximum Gasteiger partial charge on any atom is 0.226 e. The predicted octanol–water partition coefficient (Wildman–Crippen LogP) is 4.14. The summed E-state index contributed by atoms with van der Waals surface area (Å²) in [5.41, 5.74) is 2.60. The average molecular weight is 394 g/mol. The number of halogens is 1. The van der Waals surface area contributed by atoms with Gasteiger partial charge >= 0.3 is 0 Å². The SMILES string of the molecule is Cc1cc([C@@H]2CC[C@@H](C(=O)NCc3ccccc3)CN2C(=O)C2CC2)ccc1F. The third-order valence-corrected chi connectivity index (χ3v) is 6.04. The average Bonchev–Trinajstić information content (AvgIpc) is 3.59. The van der Waals surface area contributed by atoms with Gasteiger partial charge in [-0.3, -0.25) is 9.59 Å². The van der Waals surface area contributed by atoms with Crippen molar-refractivity contribution in [2.45, 2.75) is 45.2 Å². The van der Waals surface area contributed by atoms with E-state index in [0.29, 0.717) is 25.1 Å². The van der Waals surface area contributed by atoms with Crippen LogP contribution in [0.2, 0.25) is 0 Å². The zero-order valence-corrected chi connectivity index (χ0v) is 16.7. The Bertz CT molecular complexity index is 895. The second-order valence-corrected chi connectivity index (χ2v) is 8.27. The molecule has 1 aliphatic carbocycles. The van der Waals surface area contributed by atoms with E-state index >= 15 is 0 Å². The van der Waals surface area contributed by atoms with Crippen LogP contribution >= 0.6 is 0 Å². The minimum atomic E-state index is -0.234. The second-order valence-electron chi connectivity index (χ2n) is 8.27. The highest BCUT2D eigenvalue weighted by Gasteiger charge is 2.41. The minimum absolute atomic E-state index is 0.00353. The summed E-state index contributed by atoms with van der Waals surface area (Å²) in [7, 11) is 0. The van der Waals surface area contributed by atoms with Crippen molar-refractivity contribution >= 4 is 11.8 Å². The van der Waals surface area contributed by atoms with Gasteiger partial charge in [-0.15, -0.1) is 0 Å². The molecule has 1 N–H and O–H groups in total. The highest BCUT2D eigenvalue weighted by Crippen LogP contribution is 2.39. The van der Waals surface area contributed by atoms with Crippen LogP contribution in [0.15, 0.2) is 48.5 Å².